The molecule has 2 rings (SSSR count). The SMILES string of the molecule is O=C1CCC(CF)CC1=Cc1ccc(F)cc1. The lowest BCUT2D eigenvalue weighted by atomic mass is 9.84. The molecule has 0 N–H and O–H groups in total. The van der Waals surface area contributed by atoms with Crippen molar-refractivity contribution >= 4 is 11.9 Å². The van der Waals surface area contributed by atoms with Crippen LogP contribution < -0.4 is 0 Å². The summed E-state index contributed by atoms with van der Waals surface area (Å²) in [6.07, 6.45) is 3.29. The highest BCUT2D eigenvalue weighted by atomic mass is 19.1. The molecule has 0 saturated heterocycles. The molecule has 1 aliphatic carbocycles. The topological polar surface area (TPSA) is 17.1 Å². The molecule has 1 aliphatic rings. The molecule has 1 nitrogen and oxygen atoms in total. The number of hydrogen-bond donors (Lipinski definition) is 0. The van der Waals surface area contributed by atoms with Gasteiger partial charge < -0.3 is 0 Å². The van der Waals surface area contributed by atoms with Crippen LogP contribution in [0.1, 0.15) is 24.8 Å². The van der Waals surface area contributed by atoms with E-state index in [4.69, 9.17) is 0 Å². The maximum Gasteiger partial charge on any atom is 0.158 e. The highest BCUT2D eigenvalue weighted by Gasteiger charge is 2.23. The second-order valence-corrected chi connectivity index (χ2v) is 4.41. The second kappa shape index (κ2) is 5.21. The Morgan fingerprint density at radius 1 is 1.29 bits per heavy atom. The van der Waals surface area contributed by atoms with Gasteiger partial charge in [0.1, 0.15) is 5.82 Å². The van der Waals surface area contributed by atoms with E-state index in [0.717, 1.165) is 5.56 Å². The Bertz CT molecular complexity index is 434. The van der Waals surface area contributed by atoms with Crippen LogP contribution in [-0.4, -0.2) is 12.5 Å². The summed E-state index contributed by atoms with van der Waals surface area (Å²) in [4.78, 5) is 11.7. The zero-order valence-electron chi connectivity index (χ0n) is 9.46. The second-order valence-electron chi connectivity index (χ2n) is 4.41. The van der Waals surface area contributed by atoms with Gasteiger partial charge in [0, 0.05) is 6.42 Å². The van der Waals surface area contributed by atoms with Crippen LogP contribution in [0.3, 0.4) is 0 Å². The van der Waals surface area contributed by atoms with Gasteiger partial charge >= 0.3 is 0 Å². The molecule has 0 aromatic heterocycles. The van der Waals surface area contributed by atoms with Gasteiger partial charge in [0.05, 0.1) is 6.67 Å². The van der Waals surface area contributed by atoms with Crippen molar-refractivity contribution in [1.82, 2.24) is 0 Å². The summed E-state index contributed by atoms with van der Waals surface area (Å²) in [6.45, 7) is -0.381. The fourth-order valence-electron chi connectivity index (χ4n) is 2.05. The Hall–Kier alpha value is -1.51. The van der Waals surface area contributed by atoms with E-state index in [9.17, 15) is 13.6 Å². The average Bonchev–Trinajstić information content (AvgIpc) is 2.35. The molecule has 1 aromatic carbocycles. The first-order chi connectivity index (χ1) is 8.19. The minimum Gasteiger partial charge on any atom is -0.295 e. The van der Waals surface area contributed by atoms with E-state index in [0.29, 0.717) is 24.8 Å². The van der Waals surface area contributed by atoms with Crippen LogP contribution in [0.5, 0.6) is 0 Å². The van der Waals surface area contributed by atoms with Crippen LogP contribution >= 0.6 is 0 Å². The van der Waals surface area contributed by atoms with Crippen molar-refractivity contribution in [2.45, 2.75) is 19.3 Å². The zero-order valence-corrected chi connectivity index (χ0v) is 9.46. The standard InChI is InChI=1S/C14H14F2O/c15-9-11-3-6-14(17)12(8-11)7-10-1-4-13(16)5-2-10/h1-2,4-5,7,11H,3,6,8-9H2. The summed E-state index contributed by atoms with van der Waals surface area (Å²) < 4.78 is 25.3. The van der Waals surface area contributed by atoms with Gasteiger partial charge in [0.15, 0.2) is 5.78 Å². The molecular weight excluding hydrogens is 222 g/mol. The fraction of sp³-hybridized carbons (Fsp3) is 0.357. The molecule has 0 heterocycles. The monoisotopic (exact) mass is 236 g/mol. The Balaban J connectivity index is 2.19. The van der Waals surface area contributed by atoms with E-state index in [1.807, 2.05) is 0 Å². The molecule has 0 aliphatic heterocycles. The van der Waals surface area contributed by atoms with E-state index >= 15 is 0 Å². The summed E-state index contributed by atoms with van der Waals surface area (Å²) in [7, 11) is 0. The van der Waals surface area contributed by atoms with Crippen molar-refractivity contribution in [3.05, 3.63) is 41.2 Å². The number of carbonyl (C=O) groups excluding carboxylic acids is 1. The van der Waals surface area contributed by atoms with Crippen LogP contribution in [0.2, 0.25) is 0 Å². The lowest BCUT2D eigenvalue weighted by molar-refractivity contribution is -0.117. The third kappa shape index (κ3) is 2.99. The normalized spacial score (nSPS) is 23.1. The Morgan fingerprint density at radius 3 is 2.65 bits per heavy atom. The number of alkyl halides is 1. The summed E-state index contributed by atoms with van der Waals surface area (Å²) in [5.41, 5.74) is 1.44. The highest BCUT2D eigenvalue weighted by molar-refractivity contribution is 6.00. The van der Waals surface area contributed by atoms with Crippen LogP contribution in [0, 0.1) is 11.7 Å². The fourth-order valence-corrected chi connectivity index (χ4v) is 2.05. The smallest absolute Gasteiger partial charge is 0.158 e. The molecular formula is C14H14F2O. The minimum atomic E-state index is -0.381. The van der Waals surface area contributed by atoms with Crippen molar-refractivity contribution in [3.63, 3.8) is 0 Å². The summed E-state index contributed by atoms with van der Waals surface area (Å²) in [5.74, 6) is -0.262. The maximum absolute atomic E-state index is 12.7. The number of ketones is 1. The number of carbonyl (C=O) groups is 1. The van der Waals surface area contributed by atoms with Crippen molar-refractivity contribution in [1.29, 1.82) is 0 Å². The molecule has 0 spiro atoms. The average molecular weight is 236 g/mol. The van der Waals surface area contributed by atoms with Crippen LogP contribution in [0.15, 0.2) is 29.8 Å². The summed E-state index contributed by atoms with van der Waals surface area (Å²) >= 11 is 0. The molecule has 1 aromatic rings. The van der Waals surface area contributed by atoms with Gasteiger partial charge in [-0.3, -0.25) is 9.18 Å². The first-order valence-electron chi connectivity index (χ1n) is 5.74. The molecule has 17 heavy (non-hydrogen) atoms. The third-order valence-corrected chi connectivity index (χ3v) is 3.08. The molecule has 0 radical (unpaired) electrons. The lowest BCUT2D eigenvalue weighted by Gasteiger charge is -2.20. The summed E-state index contributed by atoms with van der Waals surface area (Å²) in [5, 5.41) is 0. The first-order valence-corrected chi connectivity index (χ1v) is 5.74. The van der Waals surface area contributed by atoms with Crippen molar-refractivity contribution < 1.29 is 13.6 Å². The van der Waals surface area contributed by atoms with Crippen LogP contribution in [0.4, 0.5) is 8.78 Å². The van der Waals surface area contributed by atoms with Crippen LogP contribution in [-0.2, 0) is 4.79 Å². The van der Waals surface area contributed by atoms with Gasteiger partial charge in [-0.2, -0.15) is 0 Å². The van der Waals surface area contributed by atoms with Gasteiger partial charge in [-0.05, 0) is 48.1 Å². The number of Topliss-reactive ketones (excluding diaryl/α,β-unsaturated/α-hetero) is 1. The van der Waals surface area contributed by atoms with Crippen molar-refractivity contribution in [2.24, 2.45) is 5.92 Å². The predicted octanol–water partition coefficient (Wildman–Crippen LogP) is 3.55. The van der Waals surface area contributed by atoms with Gasteiger partial charge in [0.25, 0.3) is 0 Å². The van der Waals surface area contributed by atoms with Gasteiger partial charge in [-0.1, -0.05) is 12.1 Å². The van der Waals surface area contributed by atoms with Crippen molar-refractivity contribution in [3.8, 4) is 0 Å². The predicted molar refractivity (Wildman–Crippen MR) is 62.7 cm³/mol. The largest absolute Gasteiger partial charge is 0.295 e. The minimum absolute atomic E-state index is 0.0422. The Kier molecular flexibility index (Phi) is 3.67. The highest BCUT2D eigenvalue weighted by Crippen LogP contribution is 2.27. The van der Waals surface area contributed by atoms with Crippen molar-refractivity contribution in [2.75, 3.05) is 6.67 Å². The number of benzene rings is 1. The molecule has 0 amide bonds. The molecule has 90 valence electrons. The van der Waals surface area contributed by atoms with Gasteiger partial charge in [-0.25, -0.2) is 4.39 Å². The van der Waals surface area contributed by atoms with E-state index < -0.39 is 0 Å². The van der Waals surface area contributed by atoms with E-state index in [1.54, 1.807) is 18.2 Å². The molecule has 1 atom stereocenters. The quantitative estimate of drug-likeness (QED) is 0.718. The third-order valence-electron chi connectivity index (χ3n) is 3.08. The molecule has 1 unspecified atom stereocenters. The molecule has 1 saturated carbocycles. The first kappa shape index (κ1) is 12.0. The number of allylic oxidation sites excluding steroid dienone is 1. The Labute approximate surface area is 99.1 Å². The number of hydrogen-bond acceptors (Lipinski definition) is 1. The molecule has 0 bridgehead atoms. The maximum atomic E-state index is 12.7. The van der Waals surface area contributed by atoms with Crippen LogP contribution in [0.25, 0.3) is 6.08 Å². The van der Waals surface area contributed by atoms with E-state index in [1.165, 1.54) is 12.1 Å². The molecule has 1 fully saturated rings. The van der Waals surface area contributed by atoms with Gasteiger partial charge in [-0.15, -0.1) is 0 Å². The Morgan fingerprint density at radius 2 is 2.00 bits per heavy atom. The van der Waals surface area contributed by atoms with E-state index in [2.05, 4.69) is 0 Å². The lowest BCUT2D eigenvalue weighted by Crippen LogP contribution is -2.18. The molecule has 3 heteroatoms. The summed E-state index contributed by atoms with van der Waals surface area (Å²) in [6, 6.07) is 5.95. The number of rotatable bonds is 2. The number of halogens is 2. The van der Waals surface area contributed by atoms with Gasteiger partial charge in [0.2, 0.25) is 0 Å². The zero-order chi connectivity index (χ0) is 12.3. The van der Waals surface area contributed by atoms with E-state index in [-0.39, 0.29) is 24.2 Å².